The Kier molecular flexibility index (Phi) is 10.5. The SMILES string of the molecule is CCNC(=NCc1ccn[nH]1)NC(C)CCC(C)C.I. The van der Waals surface area contributed by atoms with Crippen LogP contribution in [0, 0.1) is 5.92 Å². The zero-order valence-corrected chi connectivity index (χ0v) is 15.3. The summed E-state index contributed by atoms with van der Waals surface area (Å²) in [6.07, 6.45) is 4.14. The van der Waals surface area contributed by atoms with Crippen LogP contribution in [0.3, 0.4) is 0 Å². The van der Waals surface area contributed by atoms with E-state index in [1.807, 2.05) is 6.07 Å². The largest absolute Gasteiger partial charge is 0.357 e. The van der Waals surface area contributed by atoms with E-state index in [9.17, 15) is 0 Å². The van der Waals surface area contributed by atoms with E-state index >= 15 is 0 Å². The lowest BCUT2D eigenvalue weighted by Crippen LogP contribution is -2.42. The van der Waals surface area contributed by atoms with Gasteiger partial charge in [-0.15, -0.1) is 24.0 Å². The molecule has 0 radical (unpaired) electrons. The van der Waals surface area contributed by atoms with Gasteiger partial charge in [0.05, 0.1) is 12.2 Å². The Morgan fingerprint density at radius 2 is 2.10 bits per heavy atom. The minimum atomic E-state index is 0. The van der Waals surface area contributed by atoms with Crippen LogP contribution in [0.25, 0.3) is 0 Å². The molecule has 0 aliphatic rings. The third-order valence-corrected chi connectivity index (χ3v) is 2.87. The van der Waals surface area contributed by atoms with E-state index in [0.29, 0.717) is 12.6 Å². The first kappa shape index (κ1) is 19.2. The van der Waals surface area contributed by atoms with Crippen LogP contribution in [0.2, 0.25) is 0 Å². The van der Waals surface area contributed by atoms with Gasteiger partial charge in [0, 0.05) is 18.8 Å². The predicted molar refractivity (Wildman–Crippen MR) is 95.5 cm³/mol. The van der Waals surface area contributed by atoms with Crippen molar-refractivity contribution in [3.8, 4) is 0 Å². The van der Waals surface area contributed by atoms with Gasteiger partial charge in [0.2, 0.25) is 0 Å². The molecule has 0 saturated heterocycles. The number of halogens is 1. The van der Waals surface area contributed by atoms with Crippen molar-refractivity contribution in [1.29, 1.82) is 0 Å². The fourth-order valence-corrected chi connectivity index (χ4v) is 1.75. The monoisotopic (exact) mass is 393 g/mol. The number of H-pyrrole nitrogens is 1. The second-order valence-corrected chi connectivity index (χ2v) is 5.29. The van der Waals surface area contributed by atoms with Crippen molar-refractivity contribution in [2.75, 3.05) is 6.54 Å². The summed E-state index contributed by atoms with van der Waals surface area (Å²) >= 11 is 0. The van der Waals surface area contributed by atoms with E-state index in [1.54, 1.807) is 6.20 Å². The number of aromatic nitrogens is 2. The molecule has 0 aliphatic heterocycles. The number of guanidine groups is 1. The third-order valence-electron chi connectivity index (χ3n) is 2.87. The summed E-state index contributed by atoms with van der Waals surface area (Å²) < 4.78 is 0. The van der Waals surface area contributed by atoms with Gasteiger partial charge < -0.3 is 10.6 Å². The van der Waals surface area contributed by atoms with Crippen LogP contribution in [0.15, 0.2) is 17.3 Å². The summed E-state index contributed by atoms with van der Waals surface area (Å²) in [5, 5.41) is 13.5. The summed E-state index contributed by atoms with van der Waals surface area (Å²) in [7, 11) is 0. The number of hydrogen-bond acceptors (Lipinski definition) is 2. The molecule has 0 amide bonds. The van der Waals surface area contributed by atoms with Crippen LogP contribution in [0.1, 0.15) is 46.2 Å². The second kappa shape index (κ2) is 10.9. The number of hydrogen-bond donors (Lipinski definition) is 3. The van der Waals surface area contributed by atoms with Gasteiger partial charge in [-0.3, -0.25) is 5.10 Å². The molecule has 0 aromatic carbocycles. The van der Waals surface area contributed by atoms with E-state index in [4.69, 9.17) is 0 Å². The molecule has 6 heteroatoms. The molecule has 0 fully saturated rings. The zero-order chi connectivity index (χ0) is 14.1. The lowest BCUT2D eigenvalue weighted by Gasteiger charge is -2.18. The maximum Gasteiger partial charge on any atom is 0.191 e. The molecule has 0 bridgehead atoms. The smallest absolute Gasteiger partial charge is 0.191 e. The van der Waals surface area contributed by atoms with E-state index < -0.39 is 0 Å². The molecule has 5 nitrogen and oxygen atoms in total. The topological polar surface area (TPSA) is 65.1 Å². The number of aliphatic imine (C=N–C) groups is 1. The first-order chi connectivity index (χ1) is 9.11. The highest BCUT2D eigenvalue weighted by atomic mass is 127. The average molecular weight is 393 g/mol. The molecule has 20 heavy (non-hydrogen) atoms. The first-order valence-corrected chi connectivity index (χ1v) is 7.15. The molecule has 1 aromatic heterocycles. The lowest BCUT2D eigenvalue weighted by molar-refractivity contribution is 0.489. The number of nitrogens with one attached hydrogen (secondary N) is 3. The summed E-state index contributed by atoms with van der Waals surface area (Å²) in [5.41, 5.74) is 1.02. The summed E-state index contributed by atoms with van der Waals surface area (Å²) in [5.74, 6) is 1.61. The quantitative estimate of drug-likeness (QED) is 0.379. The summed E-state index contributed by atoms with van der Waals surface area (Å²) in [6.45, 7) is 10.3. The van der Waals surface area contributed by atoms with E-state index in [2.05, 4.69) is 53.5 Å². The molecule has 0 saturated carbocycles. The van der Waals surface area contributed by atoms with Crippen molar-refractivity contribution in [2.45, 2.75) is 53.1 Å². The highest BCUT2D eigenvalue weighted by Gasteiger charge is 2.06. The van der Waals surface area contributed by atoms with Gasteiger partial charge >= 0.3 is 0 Å². The third kappa shape index (κ3) is 8.39. The van der Waals surface area contributed by atoms with Crippen LogP contribution in [-0.2, 0) is 6.54 Å². The molecule has 0 aliphatic carbocycles. The fraction of sp³-hybridized carbons (Fsp3) is 0.714. The predicted octanol–water partition coefficient (Wildman–Crippen LogP) is 2.91. The number of rotatable bonds is 7. The minimum Gasteiger partial charge on any atom is -0.357 e. The van der Waals surface area contributed by atoms with Crippen LogP contribution in [0.4, 0.5) is 0 Å². The van der Waals surface area contributed by atoms with Crippen LogP contribution >= 0.6 is 24.0 Å². The molecule has 0 spiro atoms. The van der Waals surface area contributed by atoms with Crippen molar-refractivity contribution in [3.05, 3.63) is 18.0 Å². The molecule has 3 N–H and O–H groups in total. The maximum atomic E-state index is 4.55. The molecule has 1 unspecified atom stereocenters. The van der Waals surface area contributed by atoms with Gasteiger partial charge in [-0.05, 0) is 38.7 Å². The lowest BCUT2D eigenvalue weighted by atomic mass is 10.0. The fourth-order valence-electron chi connectivity index (χ4n) is 1.75. The number of nitrogens with zero attached hydrogens (tertiary/aromatic N) is 2. The molecular weight excluding hydrogens is 365 g/mol. The molecule has 1 rings (SSSR count). The van der Waals surface area contributed by atoms with E-state index in [-0.39, 0.29) is 24.0 Å². The van der Waals surface area contributed by atoms with Gasteiger partial charge in [-0.1, -0.05) is 13.8 Å². The zero-order valence-electron chi connectivity index (χ0n) is 12.9. The minimum absolute atomic E-state index is 0. The Balaban J connectivity index is 0.00000361. The molecule has 1 aromatic rings. The normalized spacial score (nSPS) is 12.9. The van der Waals surface area contributed by atoms with Crippen molar-refractivity contribution in [3.63, 3.8) is 0 Å². The maximum absolute atomic E-state index is 4.55. The van der Waals surface area contributed by atoms with Crippen molar-refractivity contribution in [1.82, 2.24) is 20.8 Å². The summed E-state index contributed by atoms with van der Waals surface area (Å²) in [4.78, 5) is 4.55. The Morgan fingerprint density at radius 1 is 1.35 bits per heavy atom. The van der Waals surface area contributed by atoms with E-state index in [0.717, 1.165) is 30.5 Å². The van der Waals surface area contributed by atoms with Gasteiger partial charge in [0.25, 0.3) is 0 Å². The Hall–Kier alpha value is -0.790. The first-order valence-electron chi connectivity index (χ1n) is 7.15. The van der Waals surface area contributed by atoms with Crippen molar-refractivity contribution >= 4 is 29.9 Å². The van der Waals surface area contributed by atoms with Gasteiger partial charge in [0.15, 0.2) is 5.96 Å². The Morgan fingerprint density at radius 3 is 2.65 bits per heavy atom. The van der Waals surface area contributed by atoms with Crippen LogP contribution in [0.5, 0.6) is 0 Å². The highest BCUT2D eigenvalue weighted by molar-refractivity contribution is 14.0. The number of aromatic amines is 1. The highest BCUT2D eigenvalue weighted by Crippen LogP contribution is 2.06. The molecule has 1 atom stereocenters. The molecule has 1 heterocycles. The van der Waals surface area contributed by atoms with Crippen LogP contribution < -0.4 is 10.6 Å². The van der Waals surface area contributed by atoms with E-state index in [1.165, 1.54) is 6.42 Å². The second-order valence-electron chi connectivity index (χ2n) is 5.29. The van der Waals surface area contributed by atoms with Gasteiger partial charge in [-0.2, -0.15) is 5.10 Å². The van der Waals surface area contributed by atoms with Crippen LogP contribution in [-0.4, -0.2) is 28.7 Å². The average Bonchev–Trinajstić information content (AvgIpc) is 2.87. The standard InChI is InChI=1S/C14H27N5.HI/c1-5-15-14(16-10-13-8-9-17-19-13)18-12(4)7-6-11(2)3;/h8-9,11-12H,5-7,10H2,1-4H3,(H,17,19)(H2,15,16,18);1H. The van der Waals surface area contributed by atoms with Gasteiger partial charge in [0.1, 0.15) is 0 Å². The van der Waals surface area contributed by atoms with Crippen molar-refractivity contribution < 1.29 is 0 Å². The molecular formula is C14H28IN5. The van der Waals surface area contributed by atoms with Crippen molar-refractivity contribution in [2.24, 2.45) is 10.9 Å². The molecule has 116 valence electrons. The Labute approximate surface area is 139 Å². The Bertz CT molecular complexity index is 362. The summed E-state index contributed by atoms with van der Waals surface area (Å²) in [6, 6.07) is 2.37. The van der Waals surface area contributed by atoms with Gasteiger partial charge in [-0.25, -0.2) is 4.99 Å².